The van der Waals surface area contributed by atoms with Crippen molar-refractivity contribution in [2.75, 3.05) is 13.2 Å². The number of nitrogens with zero attached hydrogens (tertiary/aromatic N) is 5. The third-order valence-corrected chi connectivity index (χ3v) is 4.34. The van der Waals surface area contributed by atoms with Crippen LogP contribution < -0.4 is 0 Å². The van der Waals surface area contributed by atoms with Crippen molar-refractivity contribution in [3.63, 3.8) is 0 Å². The van der Waals surface area contributed by atoms with Crippen LogP contribution in [0.1, 0.15) is 28.9 Å². The van der Waals surface area contributed by atoms with Crippen molar-refractivity contribution >= 4 is 0 Å². The van der Waals surface area contributed by atoms with Crippen molar-refractivity contribution in [1.82, 2.24) is 24.6 Å². The van der Waals surface area contributed by atoms with E-state index in [0.717, 1.165) is 36.8 Å². The van der Waals surface area contributed by atoms with E-state index >= 15 is 0 Å². The molecule has 1 atom stereocenters. The molecule has 0 aromatic carbocycles. The molecule has 0 saturated carbocycles. The first-order chi connectivity index (χ1) is 12.3. The van der Waals surface area contributed by atoms with Crippen molar-refractivity contribution in [2.45, 2.75) is 32.7 Å². The van der Waals surface area contributed by atoms with Gasteiger partial charge in [-0.05, 0) is 19.1 Å². The van der Waals surface area contributed by atoms with Crippen molar-refractivity contribution in [1.29, 1.82) is 0 Å². The number of aromatic nitrogens is 4. The van der Waals surface area contributed by atoms with Crippen LogP contribution in [0.4, 0.5) is 0 Å². The van der Waals surface area contributed by atoms with Crippen LogP contribution in [-0.2, 0) is 24.4 Å². The fourth-order valence-electron chi connectivity index (χ4n) is 3.22. The largest absolute Gasteiger partial charge is 0.373 e. The van der Waals surface area contributed by atoms with Gasteiger partial charge in [0, 0.05) is 38.1 Å². The van der Waals surface area contributed by atoms with E-state index in [1.165, 1.54) is 5.69 Å². The van der Waals surface area contributed by atoms with Crippen LogP contribution in [0.5, 0.6) is 0 Å². The number of aryl methyl sites for hydroxylation is 1. The molecule has 7 nitrogen and oxygen atoms in total. The van der Waals surface area contributed by atoms with E-state index < -0.39 is 0 Å². The molecule has 0 fully saturated rings. The maximum absolute atomic E-state index is 5.92. The second kappa shape index (κ2) is 7.16. The van der Waals surface area contributed by atoms with Crippen LogP contribution in [0, 0.1) is 6.92 Å². The quantitative estimate of drug-likeness (QED) is 0.687. The molecule has 1 aliphatic heterocycles. The molecule has 0 aliphatic carbocycles. The van der Waals surface area contributed by atoms with Crippen molar-refractivity contribution in [3.05, 3.63) is 65.8 Å². The van der Waals surface area contributed by atoms with Gasteiger partial charge in [-0.1, -0.05) is 11.2 Å². The van der Waals surface area contributed by atoms with Gasteiger partial charge in [0.05, 0.1) is 42.7 Å². The fraction of sp³-hybridized carbons (Fsp3) is 0.389. The van der Waals surface area contributed by atoms with Crippen LogP contribution in [0.2, 0.25) is 0 Å². The van der Waals surface area contributed by atoms with Gasteiger partial charge in [-0.2, -0.15) is 0 Å². The van der Waals surface area contributed by atoms with Gasteiger partial charge in [0.1, 0.15) is 5.76 Å². The lowest BCUT2D eigenvalue weighted by atomic mass is 10.2. The SMILES string of the molecule is Cc1cc(CN2Cc3cncn3C(COCc3ccccn3)C2)no1. The van der Waals surface area contributed by atoms with E-state index in [1.54, 1.807) is 6.20 Å². The van der Waals surface area contributed by atoms with Gasteiger partial charge >= 0.3 is 0 Å². The number of fused-ring (bicyclic) bond motifs is 1. The Hall–Kier alpha value is -2.51. The maximum atomic E-state index is 5.92. The van der Waals surface area contributed by atoms with Crippen LogP contribution in [0.15, 0.2) is 47.5 Å². The molecule has 0 spiro atoms. The lowest BCUT2D eigenvalue weighted by Crippen LogP contribution is -2.38. The summed E-state index contributed by atoms with van der Waals surface area (Å²) in [6, 6.07) is 8.07. The van der Waals surface area contributed by atoms with Gasteiger partial charge in [0.2, 0.25) is 0 Å². The topological polar surface area (TPSA) is 69.2 Å². The van der Waals surface area contributed by atoms with Gasteiger partial charge in [0.25, 0.3) is 0 Å². The van der Waals surface area contributed by atoms with Crippen molar-refractivity contribution in [3.8, 4) is 0 Å². The zero-order chi connectivity index (χ0) is 17.1. The lowest BCUT2D eigenvalue weighted by molar-refractivity contribution is 0.0567. The molecular weight excluding hydrogens is 318 g/mol. The number of hydrogen-bond acceptors (Lipinski definition) is 6. The average molecular weight is 339 g/mol. The molecule has 0 radical (unpaired) electrons. The molecule has 4 heterocycles. The highest BCUT2D eigenvalue weighted by Crippen LogP contribution is 2.23. The number of hydrogen-bond donors (Lipinski definition) is 0. The summed E-state index contributed by atoms with van der Waals surface area (Å²) in [7, 11) is 0. The molecule has 4 rings (SSSR count). The van der Waals surface area contributed by atoms with Gasteiger partial charge in [-0.3, -0.25) is 9.88 Å². The van der Waals surface area contributed by atoms with E-state index in [1.807, 2.05) is 43.7 Å². The van der Waals surface area contributed by atoms with Crippen LogP contribution >= 0.6 is 0 Å². The smallest absolute Gasteiger partial charge is 0.133 e. The second-order valence-electron chi connectivity index (χ2n) is 6.38. The summed E-state index contributed by atoms with van der Waals surface area (Å²) in [6.45, 7) is 5.55. The Morgan fingerprint density at radius 3 is 3.08 bits per heavy atom. The number of rotatable bonds is 6. The van der Waals surface area contributed by atoms with E-state index in [0.29, 0.717) is 13.2 Å². The molecule has 0 amide bonds. The molecule has 3 aromatic rings. The van der Waals surface area contributed by atoms with Crippen LogP contribution in [0.3, 0.4) is 0 Å². The third kappa shape index (κ3) is 3.78. The Balaban J connectivity index is 1.40. The molecule has 0 saturated heterocycles. The summed E-state index contributed by atoms with van der Waals surface area (Å²) < 4.78 is 13.3. The second-order valence-corrected chi connectivity index (χ2v) is 6.38. The minimum Gasteiger partial charge on any atom is -0.373 e. The van der Waals surface area contributed by atoms with Gasteiger partial charge in [-0.25, -0.2) is 4.98 Å². The molecule has 1 unspecified atom stereocenters. The monoisotopic (exact) mass is 339 g/mol. The lowest BCUT2D eigenvalue weighted by Gasteiger charge is -2.33. The normalized spacial score (nSPS) is 17.6. The molecule has 7 heteroatoms. The highest BCUT2D eigenvalue weighted by molar-refractivity contribution is 5.08. The van der Waals surface area contributed by atoms with E-state index in [9.17, 15) is 0 Å². The van der Waals surface area contributed by atoms with Crippen molar-refractivity contribution in [2.24, 2.45) is 0 Å². The summed E-state index contributed by atoms with van der Waals surface area (Å²) >= 11 is 0. The van der Waals surface area contributed by atoms with Crippen LogP contribution in [-0.4, -0.2) is 37.7 Å². The minimum absolute atomic E-state index is 0.225. The minimum atomic E-state index is 0.225. The molecule has 3 aromatic heterocycles. The average Bonchev–Trinajstić information content (AvgIpc) is 3.25. The Bertz CT molecular complexity index is 814. The Kier molecular flexibility index (Phi) is 4.58. The fourth-order valence-corrected chi connectivity index (χ4v) is 3.22. The molecule has 0 bridgehead atoms. The molecule has 25 heavy (non-hydrogen) atoms. The molecule has 0 N–H and O–H groups in total. The number of pyridine rings is 1. The van der Waals surface area contributed by atoms with E-state index in [2.05, 4.69) is 24.6 Å². The highest BCUT2D eigenvalue weighted by atomic mass is 16.5. The van der Waals surface area contributed by atoms with Crippen LogP contribution in [0.25, 0.3) is 0 Å². The summed E-state index contributed by atoms with van der Waals surface area (Å²) in [6.07, 6.45) is 5.60. The van der Waals surface area contributed by atoms with Gasteiger partial charge < -0.3 is 13.8 Å². The first kappa shape index (κ1) is 16.0. The van der Waals surface area contributed by atoms with Gasteiger partial charge in [0.15, 0.2) is 0 Å². The maximum Gasteiger partial charge on any atom is 0.133 e. The number of imidazole rings is 1. The van der Waals surface area contributed by atoms with Crippen molar-refractivity contribution < 1.29 is 9.26 Å². The molecular formula is C18H21N5O2. The van der Waals surface area contributed by atoms with E-state index in [-0.39, 0.29) is 6.04 Å². The zero-order valence-electron chi connectivity index (χ0n) is 14.2. The molecule has 1 aliphatic rings. The summed E-state index contributed by atoms with van der Waals surface area (Å²) in [5, 5.41) is 4.10. The van der Waals surface area contributed by atoms with Gasteiger partial charge in [-0.15, -0.1) is 0 Å². The predicted molar refractivity (Wildman–Crippen MR) is 90.5 cm³/mol. The zero-order valence-corrected chi connectivity index (χ0v) is 14.2. The summed E-state index contributed by atoms with van der Waals surface area (Å²) in [5.41, 5.74) is 3.09. The first-order valence-electron chi connectivity index (χ1n) is 8.41. The Morgan fingerprint density at radius 1 is 1.32 bits per heavy atom. The summed E-state index contributed by atoms with van der Waals surface area (Å²) in [4.78, 5) is 10.9. The third-order valence-electron chi connectivity index (χ3n) is 4.34. The highest BCUT2D eigenvalue weighted by Gasteiger charge is 2.25. The Labute approximate surface area is 146 Å². The molecule has 130 valence electrons. The van der Waals surface area contributed by atoms with E-state index in [4.69, 9.17) is 9.26 Å². The summed E-state index contributed by atoms with van der Waals surface area (Å²) in [5.74, 6) is 0.840. The Morgan fingerprint density at radius 2 is 2.28 bits per heavy atom. The standard InChI is InChI=1S/C18H21N5O2/c1-14-6-16(21-25-14)8-22-9-17-7-19-13-23(17)18(10-22)12-24-11-15-4-2-3-5-20-15/h2-7,13,18H,8-12H2,1H3. The first-order valence-corrected chi connectivity index (χ1v) is 8.41. The predicted octanol–water partition coefficient (Wildman–Crippen LogP) is 2.35. The number of ether oxygens (including phenoxy) is 1.